The van der Waals surface area contributed by atoms with Crippen LogP contribution in [-0.2, 0) is 25.5 Å². The first-order valence-electron chi connectivity index (χ1n) is 5.88. The van der Waals surface area contributed by atoms with Crippen molar-refractivity contribution in [1.29, 1.82) is 0 Å². The summed E-state index contributed by atoms with van der Waals surface area (Å²) < 4.78 is 4.83. The fourth-order valence-electron chi connectivity index (χ4n) is 1.55. The number of hydrogen-bond donors (Lipinski definition) is 1. The van der Waals surface area contributed by atoms with E-state index in [0.29, 0.717) is 6.42 Å². The zero-order chi connectivity index (χ0) is 14.4. The zero-order valence-electron chi connectivity index (χ0n) is 10.9. The predicted molar refractivity (Wildman–Crippen MR) is 67.7 cm³/mol. The van der Waals surface area contributed by atoms with Crippen LogP contribution >= 0.6 is 0 Å². The van der Waals surface area contributed by atoms with Gasteiger partial charge in [0.1, 0.15) is 5.75 Å². The molecule has 1 N–H and O–H groups in total. The minimum atomic E-state index is -1.30. The lowest BCUT2D eigenvalue weighted by Gasteiger charge is -2.11. The maximum absolute atomic E-state index is 11.5. The number of ether oxygens (including phenoxy) is 1. The monoisotopic (exact) mass is 264 g/mol. The van der Waals surface area contributed by atoms with Crippen LogP contribution in [0.15, 0.2) is 24.3 Å². The van der Waals surface area contributed by atoms with Crippen LogP contribution < -0.4 is 0 Å². The molecule has 0 radical (unpaired) electrons. The third-order valence-electron chi connectivity index (χ3n) is 2.54. The summed E-state index contributed by atoms with van der Waals surface area (Å²) in [4.78, 5) is 33.7. The molecule has 1 rings (SSSR count). The van der Waals surface area contributed by atoms with Gasteiger partial charge in [-0.05, 0) is 38.0 Å². The minimum absolute atomic E-state index is 0.0713. The Kier molecular flexibility index (Phi) is 5.23. The third kappa shape index (κ3) is 4.91. The van der Waals surface area contributed by atoms with Crippen molar-refractivity contribution < 1.29 is 24.2 Å². The summed E-state index contributed by atoms with van der Waals surface area (Å²) in [6.45, 7) is 2.42. The lowest BCUT2D eigenvalue weighted by molar-refractivity contribution is -0.159. The molecule has 0 bridgehead atoms. The van der Waals surface area contributed by atoms with Crippen LogP contribution in [0.1, 0.15) is 25.8 Å². The topological polar surface area (TPSA) is 80.7 Å². The Morgan fingerprint density at radius 1 is 1.11 bits per heavy atom. The highest BCUT2D eigenvalue weighted by atomic mass is 16.5. The molecule has 5 nitrogen and oxygen atoms in total. The van der Waals surface area contributed by atoms with Crippen molar-refractivity contribution in [2.45, 2.75) is 32.8 Å². The number of carbonyl (C=O) groups excluding carboxylic acids is 3. The van der Waals surface area contributed by atoms with Gasteiger partial charge in [0, 0.05) is 6.42 Å². The minimum Gasteiger partial charge on any atom is -0.508 e. The number of ketones is 2. The van der Waals surface area contributed by atoms with E-state index in [1.54, 1.807) is 12.1 Å². The number of phenols is 1. The van der Waals surface area contributed by atoms with E-state index in [1.165, 1.54) is 26.0 Å². The Hall–Kier alpha value is -2.17. The van der Waals surface area contributed by atoms with E-state index in [4.69, 9.17) is 9.84 Å². The van der Waals surface area contributed by atoms with Crippen LogP contribution in [0, 0.1) is 0 Å². The maximum Gasteiger partial charge on any atom is 0.307 e. The number of rotatable bonds is 6. The molecule has 0 atom stereocenters. The van der Waals surface area contributed by atoms with E-state index in [1.807, 2.05) is 0 Å². The molecule has 0 aliphatic carbocycles. The summed E-state index contributed by atoms with van der Waals surface area (Å²) in [6.07, 6.45) is -0.809. The molecule has 0 heterocycles. The average molecular weight is 264 g/mol. The lowest BCUT2D eigenvalue weighted by Crippen LogP contribution is -2.32. The van der Waals surface area contributed by atoms with E-state index in [9.17, 15) is 14.4 Å². The van der Waals surface area contributed by atoms with Gasteiger partial charge in [0.15, 0.2) is 11.6 Å². The second-order valence-electron chi connectivity index (χ2n) is 4.26. The van der Waals surface area contributed by atoms with E-state index in [2.05, 4.69) is 0 Å². The van der Waals surface area contributed by atoms with Crippen LogP contribution in [0.25, 0.3) is 0 Å². The summed E-state index contributed by atoms with van der Waals surface area (Å²) in [6, 6.07) is 6.43. The van der Waals surface area contributed by atoms with Crippen molar-refractivity contribution in [1.82, 2.24) is 0 Å². The fourth-order valence-corrected chi connectivity index (χ4v) is 1.55. The summed E-state index contributed by atoms with van der Waals surface area (Å²) in [5.74, 6) is -1.40. The fraction of sp³-hybridized carbons (Fsp3) is 0.357. The molecule has 1 aromatic rings. The number of carbonyl (C=O) groups is 3. The second-order valence-corrected chi connectivity index (χ2v) is 4.26. The number of benzene rings is 1. The molecule has 0 unspecified atom stereocenters. The standard InChI is InChI=1S/C14H16O5/c1-9(15)14(10(2)16)19-13(18)8-5-11-3-6-12(17)7-4-11/h3-4,6-7,14,17H,5,8H2,1-2H3. The molecule has 0 aliphatic heterocycles. The molecule has 0 aromatic heterocycles. The van der Waals surface area contributed by atoms with Crippen molar-refractivity contribution in [3.05, 3.63) is 29.8 Å². The summed E-state index contributed by atoms with van der Waals surface area (Å²) >= 11 is 0. The predicted octanol–water partition coefficient (Wildman–Crippen LogP) is 1.41. The molecular formula is C14H16O5. The van der Waals surface area contributed by atoms with Crippen molar-refractivity contribution in [3.8, 4) is 5.75 Å². The Bertz CT molecular complexity index is 461. The van der Waals surface area contributed by atoms with Crippen molar-refractivity contribution in [2.75, 3.05) is 0 Å². The van der Waals surface area contributed by atoms with Gasteiger partial charge in [-0.25, -0.2) is 0 Å². The Balaban J connectivity index is 2.49. The number of esters is 1. The van der Waals surface area contributed by atoms with Gasteiger partial charge in [0.2, 0.25) is 6.10 Å². The SMILES string of the molecule is CC(=O)C(OC(=O)CCc1ccc(O)cc1)C(C)=O. The normalized spacial score (nSPS) is 10.3. The van der Waals surface area contributed by atoms with Gasteiger partial charge in [-0.2, -0.15) is 0 Å². The summed E-state index contributed by atoms with van der Waals surface area (Å²) in [7, 11) is 0. The van der Waals surface area contributed by atoms with Crippen LogP contribution in [-0.4, -0.2) is 28.7 Å². The molecular weight excluding hydrogens is 248 g/mol. The van der Waals surface area contributed by atoms with Gasteiger partial charge in [0.05, 0.1) is 0 Å². The van der Waals surface area contributed by atoms with Crippen LogP contribution in [0.5, 0.6) is 5.75 Å². The van der Waals surface area contributed by atoms with Gasteiger partial charge >= 0.3 is 5.97 Å². The molecule has 0 amide bonds. The Morgan fingerprint density at radius 2 is 1.63 bits per heavy atom. The van der Waals surface area contributed by atoms with Crippen molar-refractivity contribution >= 4 is 17.5 Å². The van der Waals surface area contributed by atoms with E-state index in [0.717, 1.165) is 5.56 Å². The second kappa shape index (κ2) is 6.68. The first kappa shape index (κ1) is 14.9. The molecule has 1 aromatic carbocycles. The summed E-state index contributed by atoms with van der Waals surface area (Å²) in [5, 5.41) is 9.11. The highest BCUT2D eigenvalue weighted by Gasteiger charge is 2.23. The Labute approximate surface area is 111 Å². The first-order chi connectivity index (χ1) is 8.90. The lowest BCUT2D eigenvalue weighted by atomic mass is 10.1. The van der Waals surface area contributed by atoms with Gasteiger partial charge in [-0.15, -0.1) is 0 Å². The highest BCUT2D eigenvalue weighted by molar-refractivity contribution is 6.04. The maximum atomic E-state index is 11.5. The van der Waals surface area contributed by atoms with Crippen molar-refractivity contribution in [2.24, 2.45) is 0 Å². The third-order valence-corrected chi connectivity index (χ3v) is 2.54. The number of phenolic OH excluding ortho intramolecular Hbond substituents is 1. The number of aromatic hydroxyl groups is 1. The quantitative estimate of drug-likeness (QED) is 0.620. The van der Waals surface area contributed by atoms with Crippen molar-refractivity contribution in [3.63, 3.8) is 0 Å². The highest BCUT2D eigenvalue weighted by Crippen LogP contribution is 2.11. The number of aryl methyl sites for hydroxylation is 1. The molecule has 0 spiro atoms. The summed E-state index contributed by atoms with van der Waals surface area (Å²) in [5.41, 5.74) is 0.858. The molecule has 0 saturated carbocycles. The molecule has 0 fully saturated rings. The molecule has 102 valence electrons. The number of Topliss-reactive ketones (excluding diaryl/α,β-unsaturated/α-hetero) is 2. The largest absolute Gasteiger partial charge is 0.508 e. The number of hydrogen-bond acceptors (Lipinski definition) is 5. The molecule has 19 heavy (non-hydrogen) atoms. The van der Waals surface area contributed by atoms with E-state index < -0.39 is 23.6 Å². The molecule has 0 saturated heterocycles. The molecule has 5 heteroatoms. The van der Waals surface area contributed by atoms with E-state index in [-0.39, 0.29) is 12.2 Å². The first-order valence-corrected chi connectivity index (χ1v) is 5.88. The van der Waals surface area contributed by atoms with Crippen LogP contribution in [0.3, 0.4) is 0 Å². The smallest absolute Gasteiger partial charge is 0.307 e. The van der Waals surface area contributed by atoms with Gasteiger partial charge in [0.25, 0.3) is 0 Å². The van der Waals surface area contributed by atoms with Gasteiger partial charge in [-0.1, -0.05) is 12.1 Å². The molecule has 0 aliphatic rings. The van der Waals surface area contributed by atoms with Gasteiger partial charge < -0.3 is 9.84 Å². The average Bonchev–Trinajstić information content (AvgIpc) is 2.34. The van der Waals surface area contributed by atoms with Gasteiger partial charge in [-0.3, -0.25) is 14.4 Å². The van der Waals surface area contributed by atoms with Crippen LogP contribution in [0.4, 0.5) is 0 Å². The van der Waals surface area contributed by atoms with Crippen LogP contribution in [0.2, 0.25) is 0 Å². The Morgan fingerprint density at radius 3 is 2.11 bits per heavy atom. The van der Waals surface area contributed by atoms with E-state index >= 15 is 0 Å². The zero-order valence-corrected chi connectivity index (χ0v) is 10.9.